The van der Waals surface area contributed by atoms with Crippen LogP contribution in [0.4, 0.5) is 0 Å². The average Bonchev–Trinajstić information content (AvgIpc) is 3.00. The van der Waals surface area contributed by atoms with E-state index in [-0.39, 0.29) is 24.0 Å². The lowest BCUT2D eigenvalue weighted by Crippen LogP contribution is -2.40. The van der Waals surface area contributed by atoms with Crippen molar-refractivity contribution in [3.63, 3.8) is 0 Å². The number of nitrogens with zero attached hydrogens (tertiary/aromatic N) is 3. The van der Waals surface area contributed by atoms with Crippen LogP contribution in [0.5, 0.6) is 0 Å². The SMILES string of the molecule is CCc1noc(-c2ccc(CCN=C(N)NC3CCCCCC3)cc2)n1.I. The highest BCUT2D eigenvalue weighted by Crippen LogP contribution is 2.18. The van der Waals surface area contributed by atoms with Gasteiger partial charge in [0.1, 0.15) is 0 Å². The summed E-state index contributed by atoms with van der Waals surface area (Å²) >= 11 is 0. The first kappa shape index (κ1) is 21.7. The van der Waals surface area contributed by atoms with Crippen molar-refractivity contribution >= 4 is 29.9 Å². The average molecular weight is 483 g/mol. The van der Waals surface area contributed by atoms with Crippen molar-refractivity contribution in [1.29, 1.82) is 0 Å². The van der Waals surface area contributed by atoms with E-state index in [4.69, 9.17) is 10.3 Å². The number of aromatic nitrogens is 2. The molecule has 1 aromatic carbocycles. The number of benzene rings is 1. The summed E-state index contributed by atoms with van der Waals surface area (Å²) in [5, 5.41) is 7.32. The van der Waals surface area contributed by atoms with Crippen LogP contribution in [-0.2, 0) is 12.8 Å². The van der Waals surface area contributed by atoms with Crippen molar-refractivity contribution in [2.45, 2.75) is 64.3 Å². The van der Waals surface area contributed by atoms with Gasteiger partial charge in [-0.05, 0) is 37.0 Å². The zero-order chi connectivity index (χ0) is 18.2. The number of aryl methyl sites for hydroxylation is 1. The van der Waals surface area contributed by atoms with Gasteiger partial charge in [0.15, 0.2) is 11.8 Å². The Bertz CT molecular complexity index is 705. The Morgan fingerprint density at radius 1 is 1.19 bits per heavy atom. The van der Waals surface area contributed by atoms with Crippen LogP contribution in [0.1, 0.15) is 56.8 Å². The van der Waals surface area contributed by atoms with E-state index in [0.717, 1.165) is 24.2 Å². The Kier molecular flexibility index (Phi) is 9.03. The lowest BCUT2D eigenvalue weighted by molar-refractivity contribution is 0.423. The first-order valence-corrected chi connectivity index (χ1v) is 9.73. The molecule has 1 saturated carbocycles. The van der Waals surface area contributed by atoms with Crippen molar-refractivity contribution in [3.8, 4) is 11.5 Å². The van der Waals surface area contributed by atoms with Crippen LogP contribution < -0.4 is 11.1 Å². The van der Waals surface area contributed by atoms with Gasteiger partial charge in [-0.1, -0.05) is 49.9 Å². The molecule has 1 aromatic heterocycles. The van der Waals surface area contributed by atoms with Gasteiger partial charge in [0.2, 0.25) is 0 Å². The van der Waals surface area contributed by atoms with E-state index in [2.05, 4.69) is 32.6 Å². The quantitative estimate of drug-likeness (QED) is 0.280. The number of nitrogens with two attached hydrogens (primary N) is 1. The molecule has 0 amide bonds. The molecule has 27 heavy (non-hydrogen) atoms. The van der Waals surface area contributed by atoms with E-state index in [1.165, 1.54) is 44.1 Å². The molecule has 0 radical (unpaired) electrons. The van der Waals surface area contributed by atoms with Crippen LogP contribution in [-0.4, -0.2) is 28.7 Å². The number of aliphatic imine (C=N–C) groups is 1. The second-order valence-electron chi connectivity index (χ2n) is 6.92. The fourth-order valence-electron chi connectivity index (χ4n) is 3.31. The highest BCUT2D eigenvalue weighted by atomic mass is 127. The first-order valence-electron chi connectivity index (χ1n) is 9.73. The molecule has 148 valence electrons. The maximum absolute atomic E-state index is 6.05. The summed E-state index contributed by atoms with van der Waals surface area (Å²) < 4.78 is 5.27. The van der Waals surface area contributed by atoms with Gasteiger partial charge in [-0.25, -0.2) is 0 Å². The van der Waals surface area contributed by atoms with E-state index < -0.39 is 0 Å². The van der Waals surface area contributed by atoms with Crippen LogP contribution in [0, 0.1) is 0 Å². The van der Waals surface area contributed by atoms with Crippen molar-refractivity contribution in [1.82, 2.24) is 15.5 Å². The number of nitrogens with one attached hydrogen (secondary N) is 1. The third-order valence-electron chi connectivity index (χ3n) is 4.88. The molecule has 1 aliphatic rings. The molecule has 7 heteroatoms. The number of rotatable bonds is 6. The Hall–Kier alpha value is -1.64. The summed E-state index contributed by atoms with van der Waals surface area (Å²) in [6.07, 6.45) is 9.30. The first-order chi connectivity index (χ1) is 12.7. The number of guanidine groups is 1. The van der Waals surface area contributed by atoms with Crippen LogP contribution in [0.3, 0.4) is 0 Å². The van der Waals surface area contributed by atoms with Crippen LogP contribution >= 0.6 is 24.0 Å². The molecule has 2 aromatic rings. The van der Waals surface area contributed by atoms with Gasteiger partial charge in [-0.2, -0.15) is 4.98 Å². The molecular formula is C20H30IN5O. The third-order valence-corrected chi connectivity index (χ3v) is 4.88. The van der Waals surface area contributed by atoms with Crippen LogP contribution in [0.25, 0.3) is 11.5 Å². The highest BCUT2D eigenvalue weighted by Gasteiger charge is 2.12. The normalized spacial score (nSPS) is 15.8. The number of halogens is 1. The van der Waals surface area contributed by atoms with Crippen LogP contribution in [0.2, 0.25) is 0 Å². The number of hydrogen-bond donors (Lipinski definition) is 2. The molecule has 0 unspecified atom stereocenters. The predicted octanol–water partition coefficient (Wildman–Crippen LogP) is 4.09. The summed E-state index contributed by atoms with van der Waals surface area (Å²) in [6.45, 7) is 2.69. The predicted molar refractivity (Wildman–Crippen MR) is 119 cm³/mol. The summed E-state index contributed by atoms with van der Waals surface area (Å²) in [5.41, 5.74) is 8.21. The molecule has 0 spiro atoms. The molecule has 1 fully saturated rings. The Balaban J connectivity index is 0.00000261. The maximum atomic E-state index is 6.05. The summed E-state index contributed by atoms with van der Waals surface area (Å²) in [6, 6.07) is 8.67. The second-order valence-corrected chi connectivity index (χ2v) is 6.92. The molecule has 0 bridgehead atoms. The van der Waals surface area contributed by atoms with Crippen molar-refractivity contribution in [2.75, 3.05) is 6.54 Å². The zero-order valence-corrected chi connectivity index (χ0v) is 18.3. The maximum Gasteiger partial charge on any atom is 0.257 e. The lowest BCUT2D eigenvalue weighted by atomic mass is 10.1. The zero-order valence-electron chi connectivity index (χ0n) is 16.0. The van der Waals surface area contributed by atoms with Crippen molar-refractivity contribution < 1.29 is 4.52 Å². The molecule has 3 rings (SSSR count). The Morgan fingerprint density at radius 3 is 2.52 bits per heavy atom. The largest absolute Gasteiger partial charge is 0.370 e. The molecule has 0 saturated heterocycles. The minimum Gasteiger partial charge on any atom is -0.370 e. The van der Waals surface area contributed by atoms with E-state index in [1.54, 1.807) is 0 Å². The minimum atomic E-state index is 0. The van der Waals surface area contributed by atoms with Gasteiger partial charge in [0.25, 0.3) is 5.89 Å². The summed E-state index contributed by atoms with van der Waals surface area (Å²) in [5.74, 6) is 1.88. The van der Waals surface area contributed by atoms with E-state index in [9.17, 15) is 0 Å². The molecule has 0 atom stereocenters. The summed E-state index contributed by atoms with van der Waals surface area (Å²) in [4.78, 5) is 8.83. The van der Waals surface area contributed by atoms with E-state index in [0.29, 0.717) is 24.4 Å². The molecule has 3 N–H and O–H groups in total. The fraction of sp³-hybridized carbons (Fsp3) is 0.550. The van der Waals surface area contributed by atoms with E-state index >= 15 is 0 Å². The third kappa shape index (κ3) is 6.79. The van der Waals surface area contributed by atoms with E-state index in [1.807, 2.05) is 19.1 Å². The van der Waals surface area contributed by atoms with Crippen molar-refractivity contribution in [2.24, 2.45) is 10.7 Å². The highest BCUT2D eigenvalue weighted by molar-refractivity contribution is 14.0. The lowest BCUT2D eigenvalue weighted by Gasteiger charge is -2.16. The molecule has 0 aliphatic heterocycles. The molecule has 1 heterocycles. The minimum absolute atomic E-state index is 0. The topological polar surface area (TPSA) is 89.3 Å². The smallest absolute Gasteiger partial charge is 0.257 e. The molecule has 6 nitrogen and oxygen atoms in total. The van der Waals surface area contributed by atoms with Crippen LogP contribution in [0.15, 0.2) is 33.8 Å². The second kappa shape index (κ2) is 11.3. The van der Waals surface area contributed by atoms with Gasteiger partial charge >= 0.3 is 0 Å². The molecule has 1 aliphatic carbocycles. The standard InChI is InChI=1S/C20H29N5O.HI/c1-2-18-24-19(26-25-18)16-11-9-15(10-12-16)13-14-22-20(21)23-17-7-5-3-4-6-8-17;/h9-12,17H,2-8,13-14H2,1H3,(H3,21,22,23);1H. The Labute approximate surface area is 178 Å². The summed E-state index contributed by atoms with van der Waals surface area (Å²) in [7, 11) is 0. The van der Waals surface area contributed by atoms with Crippen molar-refractivity contribution in [3.05, 3.63) is 35.7 Å². The van der Waals surface area contributed by atoms with Gasteiger partial charge in [0, 0.05) is 24.6 Å². The van der Waals surface area contributed by atoms with Gasteiger partial charge in [-0.15, -0.1) is 24.0 Å². The van der Waals surface area contributed by atoms with Gasteiger partial charge < -0.3 is 15.6 Å². The van der Waals surface area contributed by atoms with Gasteiger partial charge in [-0.3, -0.25) is 4.99 Å². The monoisotopic (exact) mass is 483 g/mol. The Morgan fingerprint density at radius 2 is 1.89 bits per heavy atom. The van der Waals surface area contributed by atoms with Gasteiger partial charge in [0.05, 0.1) is 0 Å². The number of hydrogen-bond acceptors (Lipinski definition) is 4. The molecular weight excluding hydrogens is 453 g/mol. The fourth-order valence-corrected chi connectivity index (χ4v) is 3.31.